The lowest BCUT2D eigenvalue weighted by atomic mass is 9.98. The smallest absolute Gasteiger partial charge is 0.264 e. The zero-order valence-corrected chi connectivity index (χ0v) is 9.95. The van der Waals surface area contributed by atoms with E-state index in [2.05, 4.69) is 4.90 Å². The Bertz CT molecular complexity index is 376. The summed E-state index contributed by atoms with van der Waals surface area (Å²) >= 11 is 1.53. The monoisotopic (exact) mass is 236 g/mol. The minimum atomic E-state index is 0.217. The molecule has 2 aliphatic heterocycles. The number of nitrogens with two attached hydrogens (primary N) is 1. The second kappa shape index (κ2) is 3.86. The normalized spacial score (nSPS) is 33.1. The summed E-state index contributed by atoms with van der Waals surface area (Å²) in [6.45, 7) is 0. The molecule has 2 bridgehead atoms. The van der Waals surface area contributed by atoms with E-state index < -0.39 is 0 Å². The van der Waals surface area contributed by atoms with Crippen molar-refractivity contribution in [2.75, 3.05) is 0 Å². The average Bonchev–Trinajstić information content (AvgIpc) is 2.85. The molecule has 1 aromatic heterocycles. The van der Waals surface area contributed by atoms with E-state index in [1.807, 2.05) is 17.5 Å². The maximum atomic E-state index is 12.3. The van der Waals surface area contributed by atoms with E-state index >= 15 is 0 Å². The number of amides is 1. The maximum Gasteiger partial charge on any atom is 0.264 e. The lowest BCUT2D eigenvalue weighted by Crippen LogP contribution is -2.49. The molecule has 0 saturated carbocycles. The van der Waals surface area contributed by atoms with Gasteiger partial charge in [0.25, 0.3) is 5.91 Å². The first-order valence-corrected chi connectivity index (χ1v) is 6.75. The lowest BCUT2D eigenvalue weighted by molar-refractivity contribution is 0.0580. The van der Waals surface area contributed by atoms with Crippen molar-refractivity contribution >= 4 is 17.2 Å². The fourth-order valence-electron chi connectivity index (χ4n) is 3.08. The Morgan fingerprint density at radius 1 is 1.38 bits per heavy atom. The predicted octanol–water partition coefficient (Wildman–Crippen LogP) is 1.84. The Kier molecular flexibility index (Phi) is 2.48. The van der Waals surface area contributed by atoms with Crippen LogP contribution < -0.4 is 5.73 Å². The van der Waals surface area contributed by atoms with Crippen molar-refractivity contribution in [2.45, 2.75) is 43.8 Å². The molecule has 0 spiro atoms. The predicted molar refractivity (Wildman–Crippen MR) is 64.5 cm³/mol. The van der Waals surface area contributed by atoms with Crippen LogP contribution in [-0.2, 0) is 0 Å². The summed E-state index contributed by atoms with van der Waals surface area (Å²) in [5, 5.41) is 1.96. The molecular weight excluding hydrogens is 220 g/mol. The van der Waals surface area contributed by atoms with Gasteiger partial charge in [-0.1, -0.05) is 6.07 Å². The van der Waals surface area contributed by atoms with Gasteiger partial charge in [0.05, 0.1) is 4.88 Å². The van der Waals surface area contributed by atoms with Gasteiger partial charge in [-0.25, -0.2) is 0 Å². The number of carbonyl (C=O) groups excluding carboxylic acids is 1. The van der Waals surface area contributed by atoms with E-state index in [1.54, 1.807) is 0 Å². The van der Waals surface area contributed by atoms with Gasteiger partial charge >= 0.3 is 0 Å². The Hall–Kier alpha value is -0.870. The van der Waals surface area contributed by atoms with Gasteiger partial charge in [-0.3, -0.25) is 4.79 Å². The quantitative estimate of drug-likeness (QED) is 0.808. The van der Waals surface area contributed by atoms with E-state index in [1.165, 1.54) is 11.3 Å². The molecule has 2 saturated heterocycles. The Morgan fingerprint density at radius 2 is 2.06 bits per heavy atom. The fourth-order valence-corrected chi connectivity index (χ4v) is 3.75. The zero-order valence-electron chi connectivity index (χ0n) is 9.13. The van der Waals surface area contributed by atoms with Gasteiger partial charge in [0.2, 0.25) is 0 Å². The third kappa shape index (κ3) is 1.57. The van der Waals surface area contributed by atoms with E-state index in [4.69, 9.17) is 5.73 Å². The number of fused-ring (bicyclic) bond motifs is 2. The molecule has 3 heterocycles. The summed E-state index contributed by atoms with van der Waals surface area (Å²) in [7, 11) is 0. The van der Waals surface area contributed by atoms with Crippen LogP contribution in [0.15, 0.2) is 17.5 Å². The van der Waals surface area contributed by atoms with Crippen LogP contribution in [0.5, 0.6) is 0 Å². The van der Waals surface area contributed by atoms with Crippen molar-refractivity contribution in [3.63, 3.8) is 0 Å². The molecule has 2 aliphatic rings. The Labute approximate surface area is 99.2 Å². The van der Waals surface area contributed by atoms with Gasteiger partial charge in [-0.15, -0.1) is 11.3 Å². The number of hydrogen-bond donors (Lipinski definition) is 1. The largest absolute Gasteiger partial charge is 0.332 e. The molecule has 0 radical (unpaired) electrons. The van der Waals surface area contributed by atoms with Gasteiger partial charge in [0.1, 0.15) is 0 Å². The van der Waals surface area contributed by atoms with Crippen LogP contribution in [0.4, 0.5) is 0 Å². The van der Waals surface area contributed by atoms with Crippen LogP contribution in [0.1, 0.15) is 35.4 Å². The number of hydrogen-bond acceptors (Lipinski definition) is 3. The van der Waals surface area contributed by atoms with Gasteiger partial charge < -0.3 is 10.6 Å². The van der Waals surface area contributed by atoms with Crippen LogP contribution in [0.25, 0.3) is 0 Å². The van der Waals surface area contributed by atoms with Crippen molar-refractivity contribution in [3.05, 3.63) is 22.4 Å². The molecule has 2 atom stereocenters. The lowest BCUT2D eigenvalue weighted by Gasteiger charge is -2.37. The average molecular weight is 236 g/mol. The van der Waals surface area contributed by atoms with Gasteiger partial charge in [0.15, 0.2) is 0 Å². The number of rotatable bonds is 1. The topological polar surface area (TPSA) is 46.3 Å². The van der Waals surface area contributed by atoms with Crippen LogP contribution in [0.3, 0.4) is 0 Å². The zero-order chi connectivity index (χ0) is 11.1. The molecular formula is C12H16N2OS. The summed E-state index contributed by atoms with van der Waals surface area (Å²) in [6.07, 6.45) is 4.23. The molecule has 16 heavy (non-hydrogen) atoms. The number of thiophene rings is 1. The summed E-state index contributed by atoms with van der Waals surface area (Å²) in [6, 6.07) is 4.94. The van der Waals surface area contributed by atoms with E-state index in [9.17, 15) is 4.79 Å². The standard InChI is InChI=1S/C12H16N2OS/c13-8-6-9-3-4-10(7-8)14(9)12(15)11-2-1-5-16-11/h1-2,5,8-10H,3-4,6-7,13H2. The minimum Gasteiger partial charge on any atom is -0.332 e. The first kappa shape index (κ1) is 10.3. The SMILES string of the molecule is NC1CC2CCC(C1)N2C(=O)c1cccs1. The molecule has 3 nitrogen and oxygen atoms in total. The van der Waals surface area contributed by atoms with Crippen molar-refractivity contribution in [1.29, 1.82) is 0 Å². The maximum absolute atomic E-state index is 12.3. The molecule has 2 fully saturated rings. The molecule has 0 aliphatic carbocycles. The van der Waals surface area contributed by atoms with Crippen LogP contribution >= 0.6 is 11.3 Å². The summed E-state index contributed by atoms with van der Waals surface area (Å²) in [5.41, 5.74) is 6.00. The van der Waals surface area contributed by atoms with Crippen molar-refractivity contribution in [1.82, 2.24) is 4.90 Å². The molecule has 3 rings (SSSR count). The molecule has 86 valence electrons. The first-order chi connectivity index (χ1) is 7.75. The summed E-state index contributed by atoms with van der Waals surface area (Å²) in [5.74, 6) is 0.217. The fraction of sp³-hybridized carbons (Fsp3) is 0.583. The van der Waals surface area contributed by atoms with Crippen molar-refractivity contribution in [2.24, 2.45) is 5.73 Å². The van der Waals surface area contributed by atoms with Gasteiger partial charge in [-0.05, 0) is 37.1 Å². The molecule has 4 heteroatoms. The molecule has 2 N–H and O–H groups in total. The number of nitrogens with zero attached hydrogens (tertiary/aromatic N) is 1. The highest BCUT2D eigenvalue weighted by Crippen LogP contribution is 2.36. The van der Waals surface area contributed by atoms with Gasteiger partial charge in [0, 0.05) is 18.1 Å². The molecule has 0 aromatic carbocycles. The van der Waals surface area contributed by atoms with Crippen LogP contribution in [0.2, 0.25) is 0 Å². The second-order valence-electron chi connectivity index (χ2n) is 4.81. The minimum absolute atomic E-state index is 0.217. The Morgan fingerprint density at radius 3 is 2.62 bits per heavy atom. The highest BCUT2D eigenvalue weighted by atomic mass is 32.1. The second-order valence-corrected chi connectivity index (χ2v) is 5.75. The van der Waals surface area contributed by atoms with Crippen LogP contribution in [-0.4, -0.2) is 28.9 Å². The van der Waals surface area contributed by atoms with Crippen molar-refractivity contribution < 1.29 is 4.79 Å². The summed E-state index contributed by atoms with van der Waals surface area (Å²) < 4.78 is 0. The molecule has 1 aromatic rings. The number of piperidine rings is 1. The van der Waals surface area contributed by atoms with E-state index in [0.29, 0.717) is 18.1 Å². The van der Waals surface area contributed by atoms with Crippen molar-refractivity contribution in [3.8, 4) is 0 Å². The van der Waals surface area contributed by atoms with Crippen LogP contribution in [0, 0.1) is 0 Å². The molecule has 1 amide bonds. The van der Waals surface area contributed by atoms with E-state index in [0.717, 1.165) is 30.6 Å². The highest BCUT2D eigenvalue weighted by Gasteiger charge is 2.42. The third-order valence-electron chi connectivity index (χ3n) is 3.74. The Balaban J connectivity index is 1.84. The van der Waals surface area contributed by atoms with Gasteiger partial charge in [-0.2, -0.15) is 0 Å². The van der Waals surface area contributed by atoms with E-state index in [-0.39, 0.29) is 5.91 Å². The number of carbonyl (C=O) groups is 1. The molecule has 2 unspecified atom stereocenters. The highest BCUT2D eigenvalue weighted by molar-refractivity contribution is 7.12. The summed E-state index contributed by atoms with van der Waals surface area (Å²) in [4.78, 5) is 15.3. The first-order valence-electron chi connectivity index (χ1n) is 5.87. The third-order valence-corrected chi connectivity index (χ3v) is 4.59.